The Morgan fingerprint density at radius 2 is 1.94 bits per heavy atom. The van der Waals surface area contributed by atoms with Gasteiger partial charge < -0.3 is 5.32 Å². The molecule has 0 spiro atoms. The zero-order valence-corrected chi connectivity index (χ0v) is 11.2. The summed E-state index contributed by atoms with van der Waals surface area (Å²) in [5.41, 5.74) is 0. The summed E-state index contributed by atoms with van der Waals surface area (Å²) in [5.74, 6) is 0.910. The third-order valence-electron chi connectivity index (χ3n) is 4.62. The molecule has 4 unspecified atom stereocenters. The summed E-state index contributed by atoms with van der Waals surface area (Å²) in [7, 11) is 0. The lowest BCUT2D eigenvalue weighted by molar-refractivity contribution is 0.0364. The molecule has 0 aromatic carbocycles. The minimum atomic E-state index is 0.678. The molecule has 0 aromatic rings. The van der Waals surface area contributed by atoms with E-state index in [9.17, 15) is 0 Å². The van der Waals surface area contributed by atoms with Crippen molar-refractivity contribution in [1.29, 1.82) is 0 Å². The summed E-state index contributed by atoms with van der Waals surface area (Å²) in [6.07, 6.45) is 7.08. The summed E-state index contributed by atoms with van der Waals surface area (Å²) < 4.78 is 0. The zero-order valence-electron chi connectivity index (χ0n) is 11.2. The Kier molecular flexibility index (Phi) is 4.26. The van der Waals surface area contributed by atoms with Gasteiger partial charge in [0.2, 0.25) is 0 Å². The Bertz CT molecular complexity index is 217. The van der Waals surface area contributed by atoms with Crippen LogP contribution in [0.15, 0.2) is 0 Å². The van der Waals surface area contributed by atoms with Crippen molar-refractivity contribution in [1.82, 2.24) is 10.2 Å². The molecule has 94 valence electrons. The van der Waals surface area contributed by atoms with E-state index >= 15 is 0 Å². The molecule has 0 aromatic heterocycles. The van der Waals surface area contributed by atoms with Crippen molar-refractivity contribution in [3.05, 3.63) is 0 Å². The van der Waals surface area contributed by atoms with Crippen molar-refractivity contribution in [3.63, 3.8) is 0 Å². The average molecular weight is 224 g/mol. The lowest BCUT2D eigenvalue weighted by Crippen LogP contribution is -2.60. The Hall–Kier alpha value is -0.0800. The highest BCUT2D eigenvalue weighted by Gasteiger charge is 2.34. The van der Waals surface area contributed by atoms with Crippen LogP contribution in [-0.4, -0.2) is 36.1 Å². The van der Waals surface area contributed by atoms with Crippen LogP contribution in [0.1, 0.15) is 52.9 Å². The van der Waals surface area contributed by atoms with Crippen molar-refractivity contribution < 1.29 is 0 Å². The number of nitrogens with one attached hydrogen (secondary N) is 1. The highest BCUT2D eigenvalue weighted by molar-refractivity contribution is 4.91. The maximum Gasteiger partial charge on any atom is 0.0221 e. The molecule has 2 nitrogen and oxygen atoms in total. The summed E-state index contributed by atoms with van der Waals surface area (Å²) in [4.78, 5) is 2.82. The summed E-state index contributed by atoms with van der Waals surface area (Å²) in [6, 6.07) is 2.32. The smallest absolute Gasteiger partial charge is 0.0221 e. The van der Waals surface area contributed by atoms with E-state index in [4.69, 9.17) is 0 Å². The van der Waals surface area contributed by atoms with E-state index in [1.54, 1.807) is 0 Å². The Balaban J connectivity index is 2.02. The van der Waals surface area contributed by atoms with Gasteiger partial charge in [-0.2, -0.15) is 0 Å². The van der Waals surface area contributed by atoms with Gasteiger partial charge >= 0.3 is 0 Å². The molecule has 16 heavy (non-hydrogen) atoms. The van der Waals surface area contributed by atoms with Crippen molar-refractivity contribution in [2.75, 3.05) is 13.1 Å². The normalized spacial score (nSPS) is 42.2. The highest BCUT2D eigenvalue weighted by atomic mass is 15.3. The molecule has 2 aliphatic rings. The average Bonchev–Trinajstić information content (AvgIpc) is 2.29. The molecule has 1 aliphatic carbocycles. The first kappa shape index (κ1) is 12.4. The third kappa shape index (κ3) is 2.60. The zero-order chi connectivity index (χ0) is 11.5. The second kappa shape index (κ2) is 5.50. The van der Waals surface area contributed by atoms with Crippen molar-refractivity contribution in [3.8, 4) is 0 Å². The minimum Gasteiger partial charge on any atom is -0.311 e. The van der Waals surface area contributed by atoms with Crippen molar-refractivity contribution in [2.24, 2.45) is 5.92 Å². The fourth-order valence-electron chi connectivity index (χ4n) is 3.56. The van der Waals surface area contributed by atoms with Gasteiger partial charge in [-0.25, -0.2) is 0 Å². The van der Waals surface area contributed by atoms with E-state index in [2.05, 4.69) is 31.0 Å². The van der Waals surface area contributed by atoms with Gasteiger partial charge in [-0.05, 0) is 32.1 Å². The largest absolute Gasteiger partial charge is 0.311 e. The lowest BCUT2D eigenvalue weighted by Gasteiger charge is -2.47. The number of piperazine rings is 1. The molecular formula is C14H28N2. The number of rotatable bonds is 2. The van der Waals surface area contributed by atoms with Gasteiger partial charge in [0, 0.05) is 31.2 Å². The van der Waals surface area contributed by atoms with Crippen LogP contribution in [0.5, 0.6) is 0 Å². The van der Waals surface area contributed by atoms with Crippen LogP contribution in [0.4, 0.5) is 0 Å². The summed E-state index contributed by atoms with van der Waals surface area (Å²) in [6.45, 7) is 9.58. The molecule has 2 heteroatoms. The fourth-order valence-corrected chi connectivity index (χ4v) is 3.56. The molecule has 0 amide bonds. The van der Waals surface area contributed by atoms with Gasteiger partial charge in [0.1, 0.15) is 0 Å². The van der Waals surface area contributed by atoms with Crippen LogP contribution in [0.25, 0.3) is 0 Å². The van der Waals surface area contributed by atoms with Gasteiger partial charge in [-0.1, -0.05) is 26.7 Å². The van der Waals surface area contributed by atoms with Crippen LogP contribution in [0.2, 0.25) is 0 Å². The predicted octanol–water partition coefficient (Wildman–Crippen LogP) is 2.64. The molecule has 1 saturated carbocycles. The Morgan fingerprint density at radius 1 is 1.19 bits per heavy atom. The maximum absolute atomic E-state index is 3.63. The molecular weight excluding hydrogens is 196 g/mol. The van der Waals surface area contributed by atoms with Gasteiger partial charge in [0.05, 0.1) is 0 Å². The summed E-state index contributed by atoms with van der Waals surface area (Å²) >= 11 is 0. The molecule has 2 rings (SSSR count). The maximum atomic E-state index is 3.63. The predicted molar refractivity (Wildman–Crippen MR) is 69.7 cm³/mol. The molecule has 4 atom stereocenters. The first-order valence-corrected chi connectivity index (χ1v) is 7.21. The molecule has 1 aliphatic heterocycles. The van der Waals surface area contributed by atoms with Gasteiger partial charge in [-0.3, -0.25) is 4.90 Å². The van der Waals surface area contributed by atoms with Crippen LogP contribution in [0.3, 0.4) is 0 Å². The van der Waals surface area contributed by atoms with E-state index in [0.29, 0.717) is 6.04 Å². The third-order valence-corrected chi connectivity index (χ3v) is 4.62. The second-order valence-corrected chi connectivity index (χ2v) is 5.90. The van der Waals surface area contributed by atoms with Crippen LogP contribution < -0.4 is 5.32 Å². The second-order valence-electron chi connectivity index (χ2n) is 5.90. The molecule has 0 radical (unpaired) electrons. The molecule has 1 heterocycles. The number of hydrogen-bond donors (Lipinski definition) is 1. The van der Waals surface area contributed by atoms with Crippen molar-refractivity contribution in [2.45, 2.75) is 71.0 Å². The summed E-state index contributed by atoms with van der Waals surface area (Å²) in [5, 5.41) is 3.63. The Labute approximate surface area is 101 Å². The molecule has 1 N–H and O–H groups in total. The number of hydrogen-bond acceptors (Lipinski definition) is 2. The van der Waals surface area contributed by atoms with Crippen LogP contribution in [0, 0.1) is 5.92 Å². The first-order valence-electron chi connectivity index (χ1n) is 7.21. The topological polar surface area (TPSA) is 15.3 Å². The monoisotopic (exact) mass is 224 g/mol. The minimum absolute atomic E-state index is 0.678. The molecule has 0 bridgehead atoms. The van der Waals surface area contributed by atoms with Gasteiger partial charge in [-0.15, -0.1) is 0 Å². The van der Waals surface area contributed by atoms with Crippen molar-refractivity contribution >= 4 is 0 Å². The lowest BCUT2D eigenvalue weighted by atomic mass is 9.83. The van der Waals surface area contributed by atoms with E-state index in [0.717, 1.165) is 18.0 Å². The molecule has 2 fully saturated rings. The van der Waals surface area contributed by atoms with Gasteiger partial charge in [0.25, 0.3) is 0 Å². The highest BCUT2D eigenvalue weighted by Crippen LogP contribution is 2.30. The van der Waals surface area contributed by atoms with Crippen LogP contribution >= 0.6 is 0 Å². The van der Waals surface area contributed by atoms with E-state index < -0.39 is 0 Å². The molecule has 1 saturated heterocycles. The number of nitrogens with zero attached hydrogens (tertiary/aromatic N) is 1. The SMILES string of the molecule is CCC1CNC(C)CN1C1CCCCC1C. The van der Waals surface area contributed by atoms with Gasteiger partial charge in [0.15, 0.2) is 0 Å². The standard InChI is InChI=1S/C14H28N2/c1-4-13-9-15-12(3)10-16(13)14-8-6-5-7-11(14)2/h11-15H,4-10H2,1-3H3. The van der Waals surface area contributed by atoms with Crippen LogP contribution in [-0.2, 0) is 0 Å². The van der Waals surface area contributed by atoms with E-state index in [-0.39, 0.29) is 0 Å². The van der Waals surface area contributed by atoms with E-state index in [1.165, 1.54) is 45.2 Å². The quantitative estimate of drug-likeness (QED) is 0.776. The Morgan fingerprint density at radius 3 is 2.62 bits per heavy atom. The van der Waals surface area contributed by atoms with E-state index in [1.807, 2.05) is 0 Å². The first-order chi connectivity index (χ1) is 7.72. The fraction of sp³-hybridized carbons (Fsp3) is 1.00.